The molecule has 4 nitrogen and oxygen atoms in total. The number of aromatic nitrogens is 2. The number of aryl methyl sites for hydroxylation is 2. The predicted octanol–water partition coefficient (Wildman–Crippen LogP) is 3.07. The van der Waals surface area contributed by atoms with Crippen LogP contribution in [0.2, 0.25) is 5.02 Å². The SMILES string of the molecule is Cc1cc(S(=O)(=O)Cl)ccc1-n1cc(Cl)c(C)n1. The van der Waals surface area contributed by atoms with E-state index in [1.54, 1.807) is 30.8 Å². The van der Waals surface area contributed by atoms with E-state index in [1.807, 2.05) is 0 Å². The molecule has 0 spiro atoms. The van der Waals surface area contributed by atoms with Gasteiger partial charge in [0.25, 0.3) is 9.05 Å². The van der Waals surface area contributed by atoms with Crippen molar-refractivity contribution >= 4 is 31.3 Å². The molecule has 0 saturated carbocycles. The largest absolute Gasteiger partial charge is 0.261 e. The number of hydrogen-bond donors (Lipinski definition) is 0. The van der Waals surface area contributed by atoms with Crippen molar-refractivity contribution in [1.82, 2.24) is 9.78 Å². The van der Waals surface area contributed by atoms with Crippen molar-refractivity contribution in [3.05, 3.63) is 40.7 Å². The van der Waals surface area contributed by atoms with Crippen LogP contribution >= 0.6 is 22.3 Å². The number of rotatable bonds is 2. The van der Waals surface area contributed by atoms with Crippen molar-refractivity contribution < 1.29 is 8.42 Å². The molecular formula is C11H10Cl2N2O2S. The summed E-state index contributed by atoms with van der Waals surface area (Å²) in [5.41, 5.74) is 2.22. The van der Waals surface area contributed by atoms with E-state index in [2.05, 4.69) is 5.10 Å². The van der Waals surface area contributed by atoms with E-state index in [0.29, 0.717) is 10.7 Å². The molecule has 7 heteroatoms. The van der Waals surface area contributed by atoms with Gasteiger partial charge in [-0.25, -0.2) is 13.1 Å². The van der Waals surface area contributed by atoms with Crippen molar-refractivity contribution in [2.45, 2.75) is 18.7 Å². The van der Waals surface area contributed by atoms with Gasteiger partial charge in [-0.2, -0.15) is 5.10 Å². The summed E-state index contributed by atoms with van der Waals surface area (Å²) in [4.78, 5) is 0.0698. The van der Waals surface area contributed by atoms with E-state index >= 15 is 0 Å². The molecule has 0 saturated heterocycles. The first-order valence-corrected chi connectivity index (χ1v) is 7.75. The number of nitrogens with zero attached hydrogens (tertiary/aromatic N) is 2. The molecule has 0 amide bonds. The van der Waals surface area contributed by atoms with Crippen molar-refractivity contribution in [3.8, 4) is 5.69 Å². The summed E-state index contributed by atoms with van der Waals surface area (Å²) in [5, 5.41) is 4.79. The Labute approximate surface area is 115 Å². The minimum absolute atomic E-state index is 0.0698. The van der Waals surface area contributed by atoms with Gasteiger partial charge in [-0.1, -0.05) is 11.6 Å². The Hall–Kier alpha value is -1.04. The minimum atomic E-state index is -3.71. The lowest BCUT2D eigenvalue weighted by Crippen LogP contribution is -2.00. The van der Waals surface area contributed by atoms with Gasteiger partial charge in [-0.15, -0.1) is 0 Å². The van der Waals surface area contributed by atoms with E-state index in [9.17, 15) is 8.42 Å². The molecule has 96 valence electrons. The summed E-state index contributed by atoms with van der Waals surface area (Å²) >= 11 is 5.94. The third kappa shape index (κ3) is 2.53. The monoisotopic (exact) mass is 304 g/mol. The maximum Gasteiger partial charge on any atom is 0.261 e. The molecule has 0 radical (unpaired) electrons. The van der Waals surface area contributed by atoms with Gasteiger partial charge in [0.1, 0.15) is 0 Å². The van der Waals surface area contributed by atoms with Crippen LogP contribution in [0.15, 0.2) is 29.3 Å². The predicted molar refractivity (Wildman–Crippen MR) is 71.1 cm³/mol. The minimum Gasteiger partial charge on any atom is -0.239 e. The second-order valence-corrected chi connectivity index (χ2v) is 6.87. The third-order valence-corrected chi connectivity index (χ3v) is 4.26. The van der Waals surface area contributed by atoms with Crippen LogP contribution < -0.4 is 0 Å². The van der Waals surface area contributed by atoms with Gasteiger partial charge in [0, 0.05) is 16.9 Å². The Kier molecular flexibility index (Phi) is 3.40. The third-order valence-electron chi connectivity index (χ3n) is 2.54. The van der Waals surface area contributed by atoms with Crippen LogP contribution in [0.5, 0.6) is 0 Å². The summed E-state index contributed by atoms with van der Waals surface area (Å²) in [5.74, 6) is 0. The molecule has 0 atom stereocenters. The Bertz CT molecular complexity index is 688. The zero-order valence-electron chi connectivity index (χ0n) is 9.68. The normalized spacial score (nSPS) is 11.8. The van der Waals surface area contributed by atoms with Crippen LogP contribution in [-0.4, -0.2) is 18.2 Å². The summed E-state index contributed by atoms with van der Waals surface area (Å²) in [6.45, 7) is 3.58. The van der Waals surface area contributed by atoms with E-state index < -0.39 is 9.05 Å². The van der Waals surface area contributed by atoms with Crippen molar-refractivity contribution in [3.63, 3.8) is 0 Å². The van der Waals surface area contributed by atoms with Crippen molar-refractivity contribution in [2.75, 3.05) is 0 Å². The van der Waals surface area contributed by atoms with Gasteiger partial charge in [-0.05, 0) is 37.6 Å². The van der Waals surface area contributed by atoms with Gasteiger partial charge in [0.05, 0.1) is 21.3 Å². The molecule has 2 aromatic rings. The Morgan fingerprint density at radius 2 is 1.94 bits per heavy atom. The summed E-state index contributed by atoms with van der Waals surface area (Å²) in [7, 11) is 1.58. The van der Waals surface area contributed by atoms with Crippen LogP contribution in [0.25, 0.3) is 5.69 Å². The van der Waals surface area contributed by atoms with Gasteiger partial charge < -0.3 is 0 Å². The van der Waals surface area contributed by atoms with Crippen molar-refractivity contribution in [2.24, 2.45) is 0 Å². The summed E-state index contributed by atoms with van der Waals surface area (Å²) in [6.07, 6.45) is 1.67. The molecule has 0 aliphatic heterocycles. The first-order chi connectivity index (χ1) is 8.29. The fraction of sp³-hybridized carbons (Fsp3) is 0.182. The van der Waals surface area contributed by atoms with Crippen molar-refractivity contribution in [1.29, 1.82) is 0 Å². The molecule has 0 fully saturated rings. The van der Waals surface area contributed by atoms with Crippen LogP contribution in [0.1, 0.15) is 11.3 Å². The van der Waals surface area contributed by atoms with Gasteiger partial charge in [-0.3, -0.25) is 0 Å². The Morgan fingerprint density at radius 1 is 1.28 bits per heavy atom. The molecule has 0 bridgehead atoms. The van der Waals surface area contributed by atoms with Crippen LogP contribution in [0.3, 0.4) is 0 Å². The highest BCUT2D eigenvalue weighted by Gasteiger charge is 2.13. The lowest BCUT2D eigenvalue weighted by atomic mass is 10.2. The molecule has 0 aliphatic rings. The first-order valence-electron chi connectivity index (χ1n) is 5.06. The van der Waals surface area contributed by atoms with Gasteiger partial charge in [0.2, 0.25) is 0 Å². The number of halogens is 2. The van der Waals surface area contributed by atoms with Gasteiger partial charge in [0.15, 0.2) is 0 Å². The summed E-state index contributed by atoms with van der Waals surface area (Å²) < 4.78 is 24.0. The number of hydrogen-bond acceptors (Lipinski definition) is 3. The molecule has 0 unspecified atom stereocenters. The second-order valence-electron chi connectivity index (χ2n) is 3.89. The maximum atomic E-state index is 11.2. The Balaban J connectivity index is 2.54. The quantitative estimate of drug-likeness (QED) is 0.801. The molecule has 1 aromatic carbocycles. The van der Waals surface area contributed by atoms with E-state index in [4.69, 9.17) is 22.3 Å². The molecule has 1 aromatic heterocycles. The maximum absolute atomic E-state index is 11.2. The average Bonchev–Trinajstić information content (AvgIpc) is 2.57. The fourth-order valence-corrected chi connectivity index (χ4v) is 2.57. The lowest BCUT2D eigenvalue weighted by molar-refractivity contribution is 0.609. The molecule has 0 aliphatic carbocycles. The zero-order valence-corrected chi connectivity index (χ0v) is 12.0. The Morgan fingerprint density at radius 3 is 2.39 bits per heavy atom. The smallest absolute Gasteiger partial charge is 0.239 e. The van der Waals surface area contributed by atoms with Crippen LogP contribution in [-0.2, 0) is 9.05 Å². The van der Waals surface area contributed by atoms with Crippen LogP contribution in [0, 0.1) is 13.8 Å². The van der Waals surface area contributed by atoms with E-state index in [1.165, 1.54) is 12.1 Å². The first kappa shape index (κ1) is 13.4. The van der Waals surface area contributed by atoms with E-state index in [0.717, 1.165) is 11.3 Å². The lowest BCUT2D eigenvalue weighted by Gasteiger charge is -2.06. The second kappa shape index (κ2) is 4.57. The average molecular weight is 305 g/mol. The van der Waals surface area contributed by atoms with E-state index in [-0.39, 0.29) is 4.90 Å². The standard InChI is InChI=1S/C11H10Cl2N2O2S/c1-7-5-9(18(13,16)17)3-4-11(7)15-6-10(12)8(2)14-15/h3-6H,1-2H3. The highest BCUT2D eigenvalue weighted by molar-refractivity contribution is 8.13. The number of benzene rings is 1. The molecule has 18 heavy (non-hydrogen) atoms. The molecule has 2 rings (SSSR count). The fourth-order valence-electron chi connectivity index (χ4n) is 1.60. The zero-order chi connectivity index (χ0) is 13.5. The summed E-state index contributed by atoms with van der Waals surface area (Å²) in [6, 6.07) is 4.59. The molecular weight excluding hydrogens is 295 g/mol. The topological polar surface area (TPSA) is 52.0 Å². The highest BCUT2D eigenvalue weighted by atomic mass is 35.7. The highest BCUT2D eigenvalue weighted by Crippen LogP contribution is 2.23. The van der Waals surface area contributed by atoms with Gasteiger partial charge >= 0.3 is 0 Å². The molecule has 1 heterocycles. The molecule has 0 N–H and O–H groups in total. The van der Waals surface area contributed by atoms with Crippen LogP contribution in [0.4, 0.5) is 0 Å².